The molecular weight excluding hydrogens is 266 g/mol. The van der Waals surface area contributed by atoms with Crippen molar-refractivity contribution in [2.45, 2.75) is 26.9 Å². The fourth-order valence-electron chi connectivity index (χ4n) is 1.76. The summed E-state index contributed by atoms with van der Waals surface area (Å²) in [7, 11) is 0. The fourth-order valence-corrected chi connectivity index (χ4v) is 1.99. The van der Waals surface area contributed by atoms with Crippen LogP contribution in [-0.2, 0) is 0 Å². The zero-order valence-corrected chi connectivity index (χ0v) is 11.7. The summed E-state index contributed by atoms with van der Waals surface area (Å²) in [5, 5.41) is 3.30. The second-order valence-corrected chi connectivity index (χ2v) is 4.77. The van der Waals surface area contributed by atoms with Gasteiger partial charge in [0, 0.05) is 5.56 Å². The first-order chi connectivity index (χ1) is 8.99. The first-order valence-corrected chi connectivity index (χ1v) is 6.30. The van der Waals surface area contributed by atoms with Crippen LogP contribution in [-0.4, -0.2) is 16.5 Å². The van der Waals surface area contributed by atoms with Crippen LogP contribution in [0.25, 0.3) is 11.3 Å². The van der Waals surface area contributed by atoms with E-state index in [1.807, 2.05) is 38.1 Å². The lowest BCUT2D eigenvalue weighted by atomic mass is 10.1. The van der Waals surface area contributed by atoms with Gasteiger partial charge in [0.05, 0.1) is 6.10 Å². The minimum Gasteiger partial charge on any atom is -0.491 e. The van der Waals surface area contributed by atoms with Crippen LogP contribution in [0.2, 0.25) is 0 Å². The van der Waals surface area contributed by atoms with E-state index >= 15 is 0 Å². The van der Waals surface area contributed by atoms with Crippen LogP contribution in [0.3, 0.4) is 0 Å². The van der Waals surface area contributed by atoms with E-state index in [9.17, 15) is 4.79 Å². The first-order valence-electron chi connectivity index (χ1n) is 5.92. The maximum absolute atomic E-state index is 11.4. The number of carbonyl (C=O) groups is 1. The second kappa shape index (κ2) is 5.45. The van der Waals surface area contributed by atoms with E-state index < -0.39 is 5.24 Å². The molecule has 0 aliphatic carbocycles. The SMILES string of the molecule is Cc1onc(-c2ccc(OC(C)C)cc2)c1C(=O)Cl. The molecule has 0 spiro atoms. The van der Waals surface area contributed by atoms with Crippen molar-refractivity contribution in [3.05, 3.63) is 35.6 Å². The lowest BCUT2D eigenvalue weighted by Gasteiger charge is -2.09. The third kappa shape index (κ3) is 2.96. The summed E-state index contributed by atoms with van der Waals surface area (Å²) in [6.45, 7) is 5.57. The summed E-state index contributed by atoms with van der Waals surface area (Å²) in [4.78, 5) is 11.4. The Hall–Kier alpha value is -1.81. The first kappa shape index (κ1) is 13.6. The molecule has 5 heteroatoms. The lowest BCUT2D eigenvalue weighted by Crippen LogP contribution is -2.05. The normalized spacial score (nSPS) is 10.8. The van der Waals surface area contributed by atoms with Gasteiger partial charge in [-0.05, 0) is 56.6 Å². The Kier molecular flexibility index (Phi) is 3.90. The molecule has 0 saturated heterocycles. The van der Waals surface area contributed by atoms with Crippen molar-refractivity contribution in [3.8, 4) is 17.0 Å². The number of hydrogen-bond donors (Lipinski definition) is 0. The number of nitrogens with zero attached hydrogens (tertiary/aromatic N) is 1. The molecule has 0 saturated carbocycles. The predicted octanol–water partition coefficient (Wildman–Crippen LogP) is 3.82. The van der Waals surface area contributed by atoms with E-state index in [4.69, 9.17) is 20.9 Å². The van der Waals surface area contributed by atoms with E-state index in [0.29, 0.717) is 17.0 Å². The molecule has 2 rings (SSSR count). The number of aryl methyl sites for hydroxylation is 1. The van der Waals surface area contributed by atoms with E-state index in [0.717, 1.165) is 11.3 Å². The summed E-state index contributed by atoms with van der Waals surface area (Å²) in [5.41, 5.74) is 1.52. The van der Waals surface area contributed by atoms with Crippen LogP contribution in [0.4, 0.5) is 0 Å². The molecule has 0 aliphatic rings. The number of carbonyl (C=O) groups excluding carboxylic acids is 1. The van der Waals surface area contributed by atoms with Gasteiger partial charge in [-0.15, -0.1) is 0 Å². The molecule has 0 fully saturated rings. The van der Waals surface area contributed by atoms with Gasteiger partial charge < -0.3 is 9.26 Å². The molecule has 100 valence electrons. The van der Waals surface area contributed by atoms with Gasteiger partial charge in [0.2, 0.25) is 0 Å². The van der Waals surface area contributed by atoms with E-state index in [1.165, 1.54) is 0 Å². The van der Waals surface area contributed by atoms with Gasteiger partial charge in [-0.1, -0.05) is 5.16 Å². The van der Waals surface area contributed by atoms with Crippen molar-refractivity contribution in [3.63, 3.8) is 0 Å². The van der Waals surface area contributed by atoms with Gasteiger partial charge in [-0.25, -0.2) is 0 Å². The molecule has 0 aliphatic heterocycles. The molecule has 19 heavy (non-hydrogen) atoms. The summed E-state index contributed by atoms with van der Waals surface area (Å²) >= 11 is 5.54. The molecule has 0 radical (unpaired) electrons. The van der Waals surface area contributed by atoms with Gasteiger partial charge >= 0.3 is 0 Å². The van der Waals surface area contributed by atoms with E-state index in [1.54, 1.807) is 6.92 Å². The Balaban J connectivity index is 2.35. The van der Waals surface area contributed by atoms with Crippen LogP contribution in [0.15, 0.2) is 28.8 Å². The van der Waals surface area contributed by atoms with Crippen LogP contribution in [0.5, 0.6) is 5.75 Å². The largest absolute Gasteiger partial charge is 0.491 e. The predicted molar refractivity (Wildman–Crippen MR) is 72.6 cm³/mol. The smallest absolute Gasteiger partial charge is 0.258 e. The van der Waals surface area contributed by atoms with E-state index in [-0.39, 0.29) is 6.10 Å². The number of rotatable bonds is 4. The highest BCUT2D eigenvalue weighted by molar-refractivity contribution is 6.68. The van der Waals surface area contributed by atoms with Crippen molar-refractivity contribution >= 4 is 16.8 Å². The lowest BCUT2D eigenvalue weighted by molar-refractivity contribution is 0.108. The summed E-state index contributed by atoms with van der Waals surface area (Å²) in [6.07, 6.45) is 0.111. The van der Waals surface area contributed by atoms with Crippen molar-refractivity contribution in [1.29, 1.82) is 0 Å². The fraction of sp³-hybridized carbons (Fsp3) is 0.286. The Morgan fingerprint density at radius 1 is 1.32 bits per heavy atom. The molecule has 0 unspecified atom stereocenters. The van der Waals surface area contributed by atoms with Crippen molar-refractivity contribution in [2.75, 3.05) is 0 Å². The van der Waals surface area contributed by atoms with Crippen LogP contribution in [0, 0.1) is 6.92 Å². The average molecular weight is 280 g/mol. The van der Waals surface area contributed by atoms with Crippen LogP contribution in [0.1, 0.15) is 30.0 Å². The standard InChI is InChI=1S/C14H14ClNO3/c1-8(2)18-11-6-4-10(5-7-11)13-12(14(15)17)9(3)19-16-13/h4-8H,1-3H3. The van der Waals surface area contributed by atoms with Gasteiger partial charge in [-0.3, -0.25) is 4.79 Å². The quantitative estimate of drug-likeness (QED) is 0.799. The van der Waals surface area contributed by atoms with Crippen LogP contribution >= 0.6 is 11.6 Å². The summed E-state index contributed by atoms with van der Waals surface area (Å²) in [6, 6.07) is 7.28. The molecule has 1 aromatic heterocycles. The third-order valence-corrected chi connectivity index (χ3v) is 2.75. The van der Waals surface area contributed by atoms with Gasteiger partial charge in [-0.2, -0.15) is 0 Å². The number of halogens is 1. The molecule has 0 atom stereocenters. The highest BCUT2D eigenvalue weighted by atomic mass is 35.5. The van der Waals surface area contributed by atoms with Gasteiger partial charge in [0.25, 0.3) is 5.24 Å². The molecule has 0 bridgehead atoms. The molecule has 0 amide bonds. The topological polar surface area (TPSA) is 52.3 Å². The van der Waals surface area contributed by atoms with Crippen LogP contribution < -0.4 is 4.74 Å². The highest BCUT2D eigenvalue weighted by Gasteiger charge is 2.19. The third-order valence-electron chi connectivity index (χ3n) is 2.56. The monoisotopic (exact) mass is 279 g/mol. The van der Waals surface area contributed by atoms with Crippen molar-refractivity contribution < 1.29 is 14.1 Å². The number of benzene rings is 1. The second-order valence-electron chi connectivity index (χ2n) is 4.43. The molecule has 1 aromatic carbocycles. The molecule has 0 N–H and O–H groups in total. The summed E-state index contributed by atoms with van der Waals surface area (Å²) in [5.74, 6) is 1.18. The highest BCUT2D eigenvalue weighted by Crippen LogP contribution is 2.28. The Morgan fingerprint density at radius 2 is 1.95 bits per heavy atom. The minimum atomic E-state index is -0.573. The minimum absolute atomic E-state index is 0.111. The Labute approximate surface area is 116 Å². The number of hydrogen-bond acceptors (Lipinski definition) is 4. The zero-order valence-electron chi connectivity index (χ0n) is 10.9. The zero-order chi connectivity index (χ0) is 14.0. The van der Waals surface area contributed by atoms with Gasteiger partial charge in [0.15, 0.2) is 0 Å². The summed E-state index contributed by atoms with van der Waals surface area (Å²) < 4.78 is 10.6. The Morgan fingerprint density at radius 3 is 2.47 bits per heavy atom. The maximum atomic E-state index is 11.4. The number of aromatic nitrogens is 1. The molecule has 4 nitrogen and oxygen atoms in total. The average Bonchev–Trinajstić information content (AvgIpc) is 2.71. The maximum Gasteiger partial charge on any atom is 0.258 e. The molecular formula is C14H14ClNO3. The van der Waals surface area contributed by atoms with Crippen molar-refractivity contribution in [1.82, 2.24) is 5.16 Å². The number of ether oxygens (including phenoxy) is 1. The Bertz CT molecular complexity index is 587. The van der Waals surface area contributed by atoms with Crippen molar-refractivity contribution in [2.24, 2.45) is 0 Å². The molecule has 2 aromatic rings. The molecule has 1 heterocycles. The van der Waals surface area contributed by atoms with E-state index in [2.05, 4.69) is 5.16 Å². The van der Waals surface area contributed by atoms with Gasteiger partial charge in [0.1, 0.15) is 22.8 Å².